The van der Waals surface area contributed by atoms with Gasteiger partial charge in [0.1, 0.15) is 6.54 Å². The fraction of sp³-hybridized carbons (Fsp3) is 0.400. The van der Waals surface area contributed by atoms with Crippen LogP contribution in [0.1, 0.15) is 5.56 Å². The van der Waals surface area contributed by atoms with Crippen LogP contribution in [0.25, 0.3) is 0 Å². The largest absolute Gasteiger partial charge is 1.00 e. The number of halogens is 3. The van der Waals surface area contributed by atoms with E-state index in [1.165, 1.54) is 5.56 Å². The quantitative estimate of drug-likeness (QED) is 0.539. The van der Waals surface area contributed by atoms with Crippen LogP contribution in [0, 0.1) is 0 Å². The van der Waals surface area contributed by atoms with E-state index >= 15 is 0 Å². The minimum Gasteiger partial charge on any atom is -1.00 e. The van der Waals surface area contributed by atoms with Gasteiger partial charge in [0, 0.05) is 27.0 Å². The van der Waals surface area contributed by atoms with Crippen LogP contribution in [0.2, 0.25) is 0 Å². The van der Waals surface area contributed by atoms with Crippen LogP contribution >= 0.6 is 30.4 Å². The van der Waals surface area contributed by atoms with Gasteiger partial charge in [-0.25, -0.2) is 0 Å². The van der Waals surface area contributed by atoms with E-state index in [4.69, 9.17) is 0 Å². The molecule has 0 fully saturated rings. The molecule has 0 aliphatic carbocycles. The summed E-state index contributed by atoms with van der Waals surface area (Å²) >= 11 is 1.62. The van der Waals surface area contributed by atoms with Crippen LogP contribution in [-0.2, 0) is 6.54 Å². The Morgan fingerprint density at radius 1 is 1.07 bits per heavy atom. The van der Waals surface area contributed by atoms with Gasteiger partial charge in [-0.2, -0.15) is 0 Å². The molecule has 1 nitrogen and oxygen atoms in total. The van der Waals surface area contributed by atoms with Crippen molar-refractivity contribution in [1.82, 2.24) is 0 Å². The Balaban J connectivity index is 0. The molecule has 0 aromatic heterocycles. The number of benzene rings is 1. The number of hydrogen-bond donors (Lipinski definition) is 0. The van der Waals surface area contributed by atoms with Crippen molar-refractivity contribution < 1.29 is 16.9 Å². The Labute approximate surface area is 110 Å². The molecule has 0 heterocycles. The lowest BCUT2D eigenvalue weighted by Crippen LogP contribution is -3.00. The molecule has 1 aromatic rings. The molecule has 0 unspecified atom stereocenters. The van der Waals surface area contributed by atoms with E-state index in [0.29, 0.717) is 0 Å². The highest BCUT2D eigenvalue weighted by Gasteiger charge is 2.06. The molecule has 4 heteroatoms. The Kier molecular flexibility index (Phi) is 10.6. The SMILES string of the molecule is C[N+](C)(C)Cc1ccccc1.ClI.[Cl-]. The second-order valence-electron chi connectivity index (χ2n) is 3.93. The van der Waals surface area contributed by atoms with Crippen molar-refractivity contribution >= 4 is 30.4 Å². The van der Waals surface area contributed by atoms with Gasteiger partial charge >= 0.3 is 0 Å². The lowest BCUT2D eigenvalue weighted by Gasteiger charge is -2.23. The molecule has 0 radical (unpaired) electrons. The Hall–Kier alpha value is 0.490. The molecule has 82 valence electrons. The van der Waals surface area contributed by atoms with Gasteiger partial charge in [0.25, 0.3) is 0 Å². The molecule has 0 atom stereocenters. The van der Waals surface area contributed by atoms with Gasteiger partial charge in [-0.3, -0.25) is 0 Å². The van der Waals surface area contributed by atoms with E-state index in [-0.39, 0.29) is 12.4 Å². The van der Waals surface area contributed by atoms with Crippen LogP contribution in [0.3, 0.4) is 0 Å². The molecule has 0 spiro atoms. The number of nitrogens with zero attached hydrogens (tertiary/aromatic N) is 1. The summed E-state index contributed by atoms with van der Waals surface area (Å²) in [6.45, 7) is 1.10. The summed E-state index contributed by atoms with van der Waals surface area (Å²) in [7, 11) is 11.2. The molecule has 0 saturated heterocycles. The van der Waals surface area contributed by atoms with E-state index in [2.05, 4.69) is 60.4 Å². The highest BCUT2D eigenvalue weighted by molar-refractivity contribution is 14.1. The van der Waals surface area contributed by atoms with Crippen LogP contribution in [0.15, 0.2) is 30.3 Å². The standard InChI is InChI=1S/C10H16N.ClI.ClH/c1-11(2,3)9-10-7-5-4-6-8-10;1-2;/h4-8H,9H2,1-3H3;;1H/q+1;;/p-1. The molecule has 1 rings (SSSR count). The van der Waals surface area contributed by atoms with Gasteiger partial charge in [-0.1, -0.05) is 30.3 Å². The summed E-state index contributed by atoms with van der Waals surface area (Å²) in [6, 6.07) is 10.6. The van der Waals surface area contributed by atoms with Crippen LogP contribution in [0.5, 0.6) is 0 Å². The normalized spacial score (nSPS) is 9.50. The first-order valence-corrected chi connectivity index (χ1v) is 6.80. The van der Waals surface area contributed by atoms with Gasteiger partial charge in [0.05, 0.1) is 21.1 Å². The smallest absolute Gasteiger partial charge is 0.104 e. The average Bonchev–Trinajstić information content (AvgIpc) is 2.07. The molecule has 14 heavy (non-hydrogen) atoms. The zero-order chi connectivity index (χ0) is 10.3. The summed E-state index contributed by atoms with van der Waals surface area (Å²) in [5.74, 6) is 0. The van der Waals surface area contributed by atoms with E-state index in [9.17, 15) is 0 Å². The molecule has 0 saturated carbocycles. The maximum atomic E-state index is 4.61. The lowest BCUT2D eigenvalue weighted by atomic mass is 10.2. The van der Waals surface area contributed by atoms with E-state index in [0.717, 1.165) is 11.0 Å². The number of hydrogen-bond acceptors (Lipinski definition) is 0. The van der Waals surface area contributed by atoms with E-state index in [1.54, 1.807) is 21.5 Å². The van der Waals surface area contributed by atoms with Crippen molar-refractivity contribution in [2.24, 2.45) is 0 Å². The topological polar surface area (TPSA) is 0 Å². The zero-order valence-electron chi connectivity index (χ0n) is 8.67. The first-order valence-electron chi connectivity index (χ1n) is 4.06. The summed E-state index contributed by atoms with van der Waals surface area (Å²) in [4.78, 5) is 0. The Morgan fingerprint density at radius 2 is 1.50 bits per heavy atom. The molecule has 0 aliphatic heterocycles. The molecule has 0 bridgehead atoms. The van der Waals surface area contributed by atoms with Gasteiger partial charge in [0.2, 0.25) is 0 Å². The van der Waals surface area contributed by atoms with Crippen molar-refractivity contribution in [3.8, 4) is 0 Å². The Morgan fingerprint density at radius 3 is 1.86 bits per heavy atom. The van der Waals surface area contributed by atoms with E-state index in [1.807, 2.05) is 0 Å². The zero-order valence-corrected chi connectivity index (χ0v) is 12.3. The molecule has 0 N–H and O–H groups in total. The summed E-state index contributed by atoms with van der Waals surface area (Å²) in [5, 5.41) is 0. The lowest BCUT2D eigenvalue weighted by molar-refractivity contribution is -0.884. The van der Waals surface area contributed by atoms with Crippen molar-refractivity contribution in [3.63, 3.8) is 0 Å². The van der Waals surface area contributed by atoms with Crippen molar-refractivity contribution in [3.05, 3.63) is 35.9 Å². The predicted molar refractivity (Wildman–Crippen MR) is 68.1 cm³/mol. The maximum absolute atomic E-state index is 4.61. The number of quaternary nitrogens is 1. The molecular weight excluding hydrogens is 332 g/mol. The average molecular weight is 348 g/mol. The first-order chi connectivity index (χ1) is 6.08. The molecule has 0 amide bonds. The minimum atomic E-state index is 0. The van der Waals surface area contributed by atoms with Crippen LogP contribution < -0.4 is 12.4 Å². The third-order valence-electron chi connectivity index (χ3n) is 1.50. The summed E-state index contributed by atoms with van der Waals surface area (Å²) in [6.07, 6.45) is 0. The van der Waals surface area contributed by atoms with Gasteiger partial charge in [0.15, 0.2) is 0 Å². The fourth-order valence-corrected chi connectivity index (χ4v) is 1.13. The minimum absolute atomic E-state index is 0. The molecule has 1 aromatic carbocycles. The van der Waals surface area contributed by atoms with Gasteiger partial charge in [-0.15, -0.1) is 0 Å². The highest BCUT2D eigenvalue weighted by Crippen LogP contribution is 2.05. The molecular formula is C10H16Cl2IN. The summed E-state index contributed by atoms with van der Waals surface area (Å²) < 4.78 is 0.990. The van der Waals surface area contributed by atoms with E-state index < -0.39 is 0 Å². The second-order valence-corrected chi connectivity index (χ2v) is 3.93. The highest BCUT2D eigenvalue weighted by atomic mass is 127. The van der Waals surface area contributed by atoms with Crippen molar-refractivity contribution in [2.45, 2.75) is 6.54 Å². The first kappa shape index (κ1) is 16.9. The molecule has 0 aliphatic rings. The third-order valence-corrected chi connectivity index (χ3v) is 1.50. The predicted octanol–water partition coefficient (Wildman–Crippen LogP) is 0.472. The van der Waals surface area contributed by atoms with Crippen molar-refractivity contribution in [1.29, 1.82) is 0 Å². The van der Waals surface area contributed by atoms with Gasteiger partial charge < -0.3 is 16.9 Å². The third kappa shape index (κ3) is 9.06. The Bertz CT molecular complexity index is 221. The fourth-order valence-electron chi connectivity index (χ4n) is 1.13. The van der Waals surface area contributed by atoms with Gasteiger partial charge in [-0.05, 0) is 8.91 Å². The second kappa shape index (κ2) is 8.77. The number of rotatable bonds is 2. The van der Waals surface area contributed by atoms with Crippen molar-refractivity contribution in [2.75, 3.05) is 21.1 Å². The summed E-state index contributed by atoms with van der Waals surface area (Å²) in [5.41, 5.74) is 1.40. The maximum Gasteiger partial charge on any atom is 0.104 e. The van der Waals surface area contributed by atoms with Crippen LogP contribution in [-0.4, -0.2) is 25.6 Å². The monoisotopic (exact) mass is 347 g/mol. The van der Waals surface area contributed by atoms with Crippen LogP contribution in [0.4, 0.5) is 0 Å².